The van der Waals surface area contributed by atoms with E-state index < -0.39 is 0 Å². The van der Waals surface area contributed by atoms with Crippen LogP contribution in [-0.2, 0) is 0 Å². The fourth-order valence-electron chi connectivity index (χ4n) is 1.23. The highest BCUT2D eigenvalue weighted by atomic mass is 79.9. The molecule has 2 amide bonds. The van der Waals surface area contributed by atoms with Crippen LogP contribution in [0.4, 0.5) is 10.5 Å². The smallest absolute Gasteiger partial charge is 0.319 e. The summed E-state index contributed by atoms with van der Waals surface area (Å²) < 4.78 is 0.912. The van der Waals surface area contributed by atoms with Crippen molar-refractivity contribution in [3.63, 3.8) is 0 Å². The molecule has 1 rings (SSSR count). The highest BCUT2D eigenvalue weighted by molar-refractivity contribution is 9.10. The van der Waals surface area contributed by atoms with Gasteiger partial charge in [-0.15, -0.1) is 0 Å². The SMILES string of the molecule is C=C(C)CNC(=O)Nc1cnc(C)c(Br)c1C. The van der Waals surface area contributed by atoms with Gasteiger partial charge in [0.1, 0.15) is 0 Å². The first kappa shape index (κ1) is 13.7. The molecule has 17 heavy (non-hydrogen) atoms. The molecule has 0 aliphatic heterocycles. The van der Waals surface area contributed by atoms with E-state index in [0.717, 1.165) is 21.3 Å². The van der Waals surface area contributed by atoms with Gasteiger partial charge in [0.15, 0.2) is 0 Å². The number of anilines is 1. The largest absolute Gasteiger partial charge is 0.334 e. The van der Waals surface area contributed by atoms with E-state index in [4.69, 9.17) is 0 Å². The lowest BCUT2D eigenvalue weighted by Gasteiger charge is -2.11. The first-order valence-corrected chi connectivity index (χ1v) is 6.02. The number of carbonyl (C=O) groups is 1. The molecule has 0 unspecified atom stereocenters. The van der Waals surface area contributed by atoms with Crippen LogP contribution in [-0.4, -0.2) is 17.6 Å². The number of hydrogen-bond donors (Lipinski definition) is 2. The molecule has 0 fully saturated rings. The van der Waals surface area contributed by atoms with Crippen molar-refractivity contribution in [1.82, 2.24) is 10.3 Å². The quantitative estimate of drug-likeness (QED) is 0.842. The number of pyridine rings is 1. The van der Waals surface area contributed by atoms with Gasteiger partial charge in [-0.2, -0.15) is 0 Å². The molecule has 0 radical (unpaired) electrons. The van der Waals surface area contributed by atoms with Crippen LogP contribution in [0.1, 0.15) is 18.2 Å². The summed E-state index contributed by atoms with van der Waals surface area (Å²) in [5.41, 5.74) is 3.46. The molecule has 1 aromatic rings. The van der Waals surface area contributed by atoms with Gasteiger partial charge in [-0.05, 0) is 42.3 Å². The molecule has 5 heteroatoms. The van der Waals surface area contributed by atoms with Crippen molar-refractivity contribution in [3.05, 3.63) is 34.1 Å². The Hall–Kier alpha value is -1.36. The number of nitrogens with one attached hydrogen (secondary N) is 2. The van der Waals surface area contributed by atoms with E-state index in [0.29, 0.717) is 12.2 Å². The average Bonchev–Trinajstić information content (AvgIpc) is 2.27. The maximum absolute atomic E-state index is 11.6. The van der Waals surface area contributed by atoms with Gasteiger partial charge in [0, 0.05) is 11.0 Å². The van der Waals surface area contributed by atoms with Crippen molar-refractivity contribution in [1.29, 1.82) is 0 Å². The predicted octanol–water partition coefficient (Wildman–Crippen LogP) is 3.16. The Kier molecular flexibility index (Phi) is 4.69. The molecule has 0 aliphatic rings. The third-order valence-electron chi connectivity index (χ3n) is 2.24. The zero-order valence-corrected chi connectivity index (χ0v) is 11.8. The van der Waals surface area contributed by atoms with Crippen molar-refractivity contribution in [2.24, 2.45) is 0 Å². The summed E-state index contributed by atoms with van der Waals surface area (Å²) in [5, 5.41) is 5.45. The summed E-state index contributed by atoms with van der Waals surface area (Å²) in [6, 6.07) is -0.256. The van der Waals surface area contributed by atoms with Gasteiger partial charge < -0.3 is 10.6 Å². The molecule has 0 saturated carbocycles. The molecule has 0 saturated heterocycles. The Morgan fingerprint density at radius 3 is 2.76 bits per heavy atom. The van der Waals surface area contributed by atoms with Crippen LogP contribution in [0.2, 0.25) is 0 Å². The summed E-state index contributed by atoms with van der Waals surface area (Å²) >= 11 is 3.43. The number of aryl methyl sites for hydroxylation is 1. The Balaban J connectivity index is 2.72. The van der Waals surface area contributed by atoms with E-state index in [1.807, 2.05) is 20.8 Å². The molecule has 1 heterocycles. The van der Waals surface area contributed by atoms with E-state index in [-0.39, 0.29) is 6.03 Å². The highest BCUT2D eigenvalue weighted by Gasteiger charge is 2.08. The Labute approximate surface area is 110 Å². The fraction of sp³-hybridized carbons (Fsp3) is 0.333. The zero-order chi connectivity index (χ0) is 13.0. The Bertz CT molecular complexity index is 457. The molecule has 0 spiro atoms. The molecule has 0 aliphatic carbocycles. The van der Waals surface area contributed by atoms with Crippen LogP contribution in [0.25, 0.3) is 0 Å². The second-order valence-corrected chi connectivity index (χ2v) is 4.75. The molecule has 1 aromatic heterocycles. The predicted molar refractivity (Wildman–Crippen MR) is 73.2 cm³/mol. The van der Waals surface area contributed by atoms with E-state index in [2.05, 4.69) is 38.1 Å². The minimum Gasteiger partial charge on any atom is -0.334 e. The Morgan fingerprint density at radius 2 is 2.18 bits per heavy atom. The van der Waals surface area contributed by atoms with Gasteiger partial charge in [0.2, 0.25) is 0 Å². The maximum atomic E-state index is 11.6. The van der Waals surface area contributed by atoms with Crippen LogP contribution in [0.3, 0.4) is 0 Å². The monoisotopic (exact) mass is 297 g/mol. The number of carbonyl (C=O) groups excluding carboxylic acids is 1. The molecule has 2 N–H and O–H groups in total. The van der Waals surface area contributed by atoms with E-state index in [9.17, 15) is 4.79 Å². The summed E-state index contributed by atoms with van der Waals surface area (Å²) in [6.07, 6.45) is 1.65. The lowest BCUT2D eigenvalue weighted by atomic mass is 10.2. The van der Waals surface area contributed by atoms with Crippen molar-refractivity contribution >= 4 is 27.6 Å². The van der Waals surface area contributed by atoms with Gasteiger partial charge in [-0.3, -0.25) is 4.98 Å². The average molecular weight is 298 g/mol. The zero-order valence-electron chi connectivity index (χ0n) is 10.2. The summed E-state index contributed by atoms with van der Waals surface area (Å²) in [5.74, 6) is 0. The van der Waals surface area contributed by atoms with Gasteiger partial charge in [0.05, 0.1) is 17.6 Å². The van der Waals surface area contributed by atoms with Crippen molar-refractivity contribution in [2.45, 2.75) is 20.8 Å². The van der Waals surface area contributed by atoms with Gasteiger partial charge in [-0.1, -0.05) is 12.2 Å². The van der Waals surface area contributed by atoms with Crippen LogP contribution >= 0.6 is 15.9 Å². The minimum absolute atomic E-state index is 0.256. The lowest BCUT2D eigenvalue weighted by molar-refractivity contribution is 0.253. The Morgan fingerprint density at radius 1 is 1.53 bits per heavy atom. The summed E-state index contributed by atoms with van der Waals surface area (Å²) in [7, 11) is 0. The first-order valence-electron chi connectivity index (χ1n) is 5.22. The number of amides is 2. The van der Waals surface area contributed by atoms with Crippen molar-refractivity contribution < 1.29 is 4.79 Å². The number of halogens is 1. The van der Waals surface area contributed by atoms with Crippen molar-refractivity contribution in [3.8, 4) is 0 Å². The summed E-state index contributed by atoms with van der Waals surface area (Å²) in [4.78, 5) is 15.7. The fourth-order valence-corrected chi connectivity index (χ4v) is 1.54. The van der Waals surface area contributed by atoms with Crippen LogP contribution in [0.15, 0.2) is 22.8 Å². The van der Waals surface area contributed by atoms with E-state index in [1.54, 1.807) is 6.20 Å². The van der Waals surface area contributed by atoms with Gasteiger partial charge >= 0.3 is 6.03 Å². The minimum atomic E-state index is -0.256. The number of hydrogen-bond acceptors (Lipinski definition) is 2. The number of aromatic nitrogens is 1. The first-order chi connectivity index (χ1) is 7.91. The van der Waals surface area contributed by atoms with E-state index >= 15 is 0 Å². The molecule has 0 atom stereocenters. The molecule has 92 valence electrons. The van der Waals surface area contributed by atoms with Gasteiger partial charge in [-0.25, -0.2) is 4.79 Å². The summed E-state index contributed by atoms with van der Waals surface area (Å²) in [6.45, 7) is 9.86. The van der Waals surface area contributed by atoms with Gasteiger partial charge in [0.25, 0.3) is 0 Å². The second kappa shape index (κ2) is 5.82. The van der Waals surface area contributed by atoms with Crippen molar-refractivity contribution in [2.75, 3.05) is 11.9 Å². The lowest BCUT2D eigenvalue weighted by Crippen LogP contribution is -2.30. The highest BCUT2D eigenvalue weighted by Crippen LogP contribution is 2.25. The topological polar surface area (TPSA) is 54.0 Å². The van der Waals surface area contributed by atoms with Crippen LogP contribution in [0.5, 0.6) is 0 Å². The van der Waals surface area contributed by atoms with Crippen LogP contribution < -0.4 is 10.6 Å². The third-order valence-corrected chi connectivity index (χ3v) is 3.41. The molecular formula is C12H16BrN3O. The molecule has 4 nitrogen and oxygen atoms in total. The molecule has 0 aromatic carbocycles. The normalized spacial score (nSPS) is 9.88. The van der Waals surface area contributed by atoms with E-state index in [1.165, 1.54) is 0 Å². The number of nitrogens with zero attached hydrogens (tertiary/aromatic N) is 1. The molecular weight excluding hydrogens is 282 g/mol. The number of urea groups is 1. The third kappa shape index (κ3) is 3.85. The van der Waals surface area contributed by atoms with Crippen LogP contribution in [0, 0.1) is 13.8 Å². The second-order valence-electron chi connectivity index (χ2n) is 3.96. The molecule has 0 bridgehead atoms. The maximum Gasteiger partial charge on any atom is 0.319 e. The number of rotatable bonds is 3. The standard InChI is InChI=1S/C12H16BrN3O/c1-7(2)5-15-12(17)16-10-6-14-9(4)11(13)8(10)3/h6H,1,5H2,2-4H3,(H2,15,16,17).